The number of fused-ring (bicyclic) bond motifs is 4. The molecule has 9 heteroatoms. The standard InChI is InChI=1S/C26H19FN4O3S/c1-14-7-21-23(10-20(14)16-3-2-4-18(9-16)35(27,33)34)31(17-12-29-13-17)26-24(25(21)32)19-6-5-15(11-28)8-22(19)30-26/h2-10,17,29-30H,12-13H2,1H3. The van der Waals surface area contributed by atoms with Crippen molar-refractivity contribution in [2.75, 3.05) is 13.1 Å². The molecule has 0 atom stereocenters. The van der Waals surface area contributed by atoms with Gasteiger partial charge < -0.3 is 14.9 Å². The van der Waals surface area contributed by atoms with Crippen LogP contribution in [-0.4, -0.2) is 31.1 Å². The summed E-state index contributed by atoms with van der Waals surface area (Å²) in [6.07, 6.45) is 0. The van der Waals surface area contributed by atoms with Crippen molar-refractivity contribution in [3.8, 4) is 17.2 Å². The van der Waals surface area contributed by atoms with Gasteiger partial charge in [-0.2, -0.15) is 13.7 Å². The van der Waals surface area contributed by atoms with Gasteiger partial charge in [-0.1, -0.05) is 18.2 Å². The molecule has 0 saturated carbocycles. The molecule has 35 heavy (non-hydrogen) atoms. The second kappa shape index (κ2) is 7.50. The van der Waals surface area contributed by atoms with Crippen LogP contribution in [-0.2, 0) is 10.2 Å². The van der Waals surface area contributed by atoms with Gasteiger partial charge >= 0.3 is 10.2 Å². The van der Waals surface area contributed by atoms with E-state index in [9.17, 15) is 22.4 Å². The fourth-order valence-electron chi connectivity index (χ4n) is 4.96. The summed E-state index contributed by atoms with van der Waals surface area (Å²) in [4.78, 5) is 16.7. The minimum Gasteiger partial charge on any atom is -0.340 e. The lowest BCUT2D eigenvalue weighted by Gasteiger charge is -2.32. The average molecular weight is 487 g/mol. The van der Waals surface area contributed by atoms with Gasteiger partial charge in [0.05, 0.1) is 33.5 Å². The zero-order valence-corrected chi connectivity index (χ0v) is 19.4. The number of H-pyrrole nitrogens is 1. The van der Waals surface area contributed by atoms with Crippen LogP contribution in [0.3, 0.4) is 0 Å². The highest BCUT2D eigenvalue weighted by atomic mass is 32.3. The highest BCUT2D eigenvalue weighted by Gasteiger charge is 2.26. The highest BCUT2D eigenvalue weighted by molar-refractivity contribution is 7.86. The Morgan fingerprint density at radius 1 is 1.09 bits per heavy atom. The predicted molar refractivity (Wildman–Crippen MR) is 133 cm³/mol. The van der Waals surface area contributed by atoms with Crippen molar-refractivity contribution in [2.45, 2.75) is 17.9 Å². The molecule has 3 heterocycles. The Kier molecular flexibility index (Phi) is 4.61. The molecule has 5 aromatic rings. The summed E-state index contributed by atoms with van der Waals surface area (Å²) >= 11 is 0. The van der Waals surface area contributed by atoms with Gasteiger partial charge in [-0.3, -0.25) is 4.79 Å². The minimum absolute atomic E-state index is 0.0946. The van der Waals surface area contributed by atoms with Gasteiger partial charge in [0.1, 0.15) is 5.65 Å². The molecule has 174 valence electrons. The van der Waals surface area contributed by atoms with E-state index in [1.165, 1.54) is 18.2 Å². The van der Waals surface area contributed by atoms with Gasteiger partial charge in [-0.15, -0.1) is 3.89 Å². The van der Waals surface area contributed by atoms with Crippen LogP contribution < -0.4 is 10.7 Å². The lowest BCUT2D eigenvalue weighted by Crippen LogP contribution is -2.44. The largest absolute Gasteiger partial charge is 0.340 e. The topological polar surface area (TPSA) is 108 Å². The number of nitriles is 1. The van der Waals surface area contributed by atoms with Crippen molar-refractivity contribution < 1.29 is 12.3 Å². The quantitative estimate of drug-likeness (QED) is 0.370. The Bertz CT molecular complexity index is 1910. The maximum absolute atomic E-state index is 13.7. The monoisotopic (exact) mass is 486 g/mol. The van der Waals surface area contributed by atoms with Crippen molar-refractivity contribution >= 4 is 43.1 Å². The smallest absolute Gasteiger partial charge is 0.332 e. The first-order valence-corrected chi connectivity index (χ1v) is 12.4. The third kappa shape index (κ3) is 3.26. The van der Waals surface area contributed by atoms with Gasteiger partial charge in [0.15, 0.2) is 5.43 Å². The number of aromatic amines is 1. The summed E-state index contributed by atoms with van der Waals surface area (Å²) in [6.45, 7) is 3.30. The first kappa shape index (κ1) is 21.5. The number of rotatable bonds is 3. The fourth-order valence-corrected chi connectivity index (χ4v) is 5.47. The van der Waals surface area contributed by atoms with E-state index in [0.29, 0.717) is 44.1 Å². The van der Waals surface area contributed by atoms with E-state index in [1.807, 2.05) is 19.1 Å². The molecule has 0 unspecified atom stereocenters. The average Bonchev–Trinajstić information content (AvgIpc) is 3.18. The summed E-state index contributed by atoms with van der Waals surface area (Å²) in [5.41, 5.74) is 4.50. The molecule has 6 rings (SSSR count). The summed E-state index contributed by atoms with van der Waals surface area (Å²) in [7, 11) is -4.85. The molecule has 0 aliphatic carbocycles. The van der Waals surface area contributed by atoms with Crippen LogP contribution in [0.5, 0.6) is 0 Å². The first-order valence-electron chi connectivity index (χ1n) is 11.1. The number of pyridine rings is 1. The number of benzene rings is 3. The van der Waals surface area contributed by atoms with Crippen LogP contribution in [0.1, 0.15) is 17.2 Å². The van der Waals surface area contributed by atoms with E-state index in [-0.39, 0.29) is 11.5 Å². The Morgan fingerprint density at radius 2 is 1.89 bits per heavy atom. The SMILES string of the molecule is Cc1cc2c(=O)c3c4ccc(C#N)cc4[nH]c3n(C3CNC3)c2cc1-c1cccc(S(=O)(=O)F)c1. The van der Waals surface area contributed by atoms with E-state index in [0.717, 1.165) is 24.0 Å². The zero-order chi connectivity index (χ0) is 24.5. The lowest BCUT2D eigenvalue weighted by molar-refractivity contribution is 0.357. The third-order valence-corrected chi connectivity index (χ3v) is 7.59. The molecule has 7 nitrogen and oxygen atoms in total. The maximum atomic E-state index is 13.7. The van der Waals surface area contributed by atoms with E-state index in [2.05, 4.69) is 20.9 Å². The van der Waals surface area contributed by atoms with Gasteiger partial charge in [0, 0.05) is 29.4 Å². The second-order valence-electron chi connectivity index (χ2n) is 8.88. The molecule has 0 amide bonds. The molecule has 1 fully saturated rings. The van der Waals surface area contributed by atoms with Crippen LogP contribution >= 0.6 is 0 Å². The van der Waals surface area contributed by atoms with Gasteiger partial charge in [0.2, 0.25) is 0 Å². The molecule has 3 aromatic carbocycles. The van der Waals surface area contributed by atoms with Crippen molar-refractivity contribution in [2.24, 2.45) is 0 Å². The molecule has 2 aromatic heterocycles. The van der Waals surface area contributed by atoms with Crippen molar-refractivity contribution in [3.63, 3.8) is 0 Å². The second-order valence-corrected chi connectivity index (χ2v) is 10.2. The minimum atomic E-state index is -4.85. The molecule has 0 radical (unpaired) electrons. The number of nitrogens with one attached hydrogen (secondary N) is 2. The Hall–Kier alpha value is -4.00. The summed E-state index contributed by atoms with van der Waals surface area (Å²) in [6, 6.07) is 16.9. The maximum Gasteiger partial charge on any atom is 0.332 e. The van der Waals surface area contributed by atoms with Crippen LogP contribution in [0.15, 0.2) is 64.3 Å². The number of aryl methyl sites for hydroxylation is 1. The van der Waals surface area contributed by atoms with E-state index in [1.54, 1.807) is 24.3 Å². The lowest BCUT2D eigenvalue weighted by atomic mass is 9.96. The molecule has 0 bridgehead atoms. The number of hydrogen-bond donors (Lipinski definition) is 2. The molecule has 2 N–H and O–H groups in total. The number of aromatic nitrogens is 2. The number of nitrogens with zero attached hydrogens (tertiary/aromatic N) is 2. The normalized spacial score (nSPS) is 14.4. The predicted octanol–water partition coefficient (Wildman–Crippen LogP) is 4.29. The molecule has 1 aliphatic rings. The van der Waals surface area contributed by atoms with Crippen LogP contribution in [0.2, 0.25) is 0 Å². The Morgan fingerprint density at radius 3 is 2.57 bits per heavy atom. The summed E-state index contributed by atoms with van der Waals surface area (Å²) in [5, 5.41) is 14.5. The Balaban J connectivity index is 1.72. The zero-order valence-electron chi connectivity index (χ0n) is 18.6. The first-order chi connectivity index (χ1) is 16.8. The number of halogens is 1. The molecule has 0 spiro atoms. The molecular weight excluding hydrogens is 467 g/mol. The van der Waals surface area contributed by atoms with Gasteiger partial charge in [-0.05, 0) is 60.0 Å². The fraction of sp³-hybridized carbons (Fsp3) is 0.154. The van der Waals surface area contributed by atoms with E-state index >= 15 is 0 Å². The number of hydrogen-bond acceptors (Lipinski definition) is 5. The van der Waals surface area contributed by atoms with Gasteiger partial charge in [0.25, 0.3) is 0 Å². The van der Waals surface area contributed by atoms with E-state index < -0.39 is 15.1 Å². The molecule has 1 saturated heterocycles. The van der Waals surface area contributed by atoms with Crippen LogP contribution in [0, 0.1) is 18.3 Å². The van der Waals surface area contributed by atoms with Crippen molar-refractivity contribution in [1.29, 1.82) is 5.26 Å². The third-order valence-electron chi connectivity index (χ3n) is 6.77. The molecular formula is C26H19FN4O3S. The van der Waals surface area contributed by atoms with Crippen LogP contribution in [0.25, 0.3) is 44.0 Å². The van der Waals surface area contributed by atoms with Crippen molar-refractivity contribution in [3.05, 3.63) is 75.9 Å². The summed E-state index contributed by atoms with van der Waals surface area (Å²) in [5.74, 6) is 0. The van der Waals surface area contributed by atoms with Crippen molar-refractivity contribution in [1.82, 2.24) is 14.9 Å². The van der Waals surface area contributed by atoms with E-state index in [4.69, 9.17) is 0 Å². The Labute approximate surface area is 199 Å². The highest BCUT2D eigenvalue weighted by Crippen LogP contribution is 2.34. The van der Waals surface area contributed by atoms with Crippen LogP contribution in [0.4, 0.5) is 3.89 Å². The summed E-state index contributed by atoms with van der Waals surface area (Å²) < 4.78 is 38.7. The van der Waals surface area contributed by atoms with Gasteiger partial charge in [-0.25, -0.2) is 0 Å². The molecule has 1 aliphatic heterocycles.